The molecule has 0 saturated heterocycles. The van der Waals surface area contributed by atoms with Crippen molar-refractivity contribution in [3.8, 4) is 0 Å². The number of anilines is 1. The summed E-state index contributed by atoms with van der Waals surface area (Å²) in [6.07, 6.45) is 1.00. The van der Waals surface area contributed by atoms with Crippen LogP contribution >= 0.6 is 11.3 Å². The van der Waals surface area contributed by atoms with E-state index in [0.717, 1.165) is 12.1 Å². The largest absolute Gasteiger partial charge is 0.375 e. The van der Waals surface area contributed by atoms with E-state index >= 15 is 0 Å². The second-order valence-corrected chi connectivity index (χ2v) is 4.80. The van der Waals surface area contributed by atoms with Crippen molar-refractivity contribution < 1.29 is 0 Å². The van der Waals surface area contributed by atoms with Crippen molar-refractivity contribution in [3.05, 3.63) is 11.1 Å². The monoisotopic (exact) mass is 170 g/mol. The van der Waals surface area contributed by atoms with Crippen LogP contribution in [-0.4, -0.2) is 4.98 Å². The molecule has 0 fully saturated rings. The summed E-state index contributed by atoms with van der Waals surface area (Å²) in [5, 5.41) is 2.70. The number of nitrogens with two attached hydrogens (primary N) is 1. The van der Waals surface area contributed by atoms with E-state index in [4.69, 9.17) is 5.73 Å². The van der Waals surface area contributed by atoms with Crippen LogP contribution in [-0.2, 0) is 6.42 Å². The number of aromatic nitrogens is 1. The minimum Gasteiger partial charge on any atom is -0.375 e. The molecule has 1 aromatic heterocycles. The van der Waals surface area contributed by atoms with Gasteiger partial charge in [-0.2, -0.15) is 0 Å². The van der Waals surface area contributed by atoms with Crippen molar-refractivity contribution in [2.75, 3.05) is 5.73 Å². The van der Waals surface area contributed by atoms with Crippen molar-refractivity contribution >= 4 is 16.5 Å². The van der Waals surface area contributed by atoms with Gasteiger partial charge in [0.1, 0.15) is 0 Å². The minimum atomic E-state index is 0.306. The van der Waals surface area contributed by atoms with Gasteiger partial charge in [0.05, 0.1) is 5.69 Å². The van der Waals surface area contributed by atoms with Crippen LogP contribution in [0.1, 0.15) is 26.5 Å². The van der Waals surface area contributed by atoms with Gasteiger partial charge in [0.15, 0.2) is 5.13 Å². The molecular weight excluding hydrogens is 156 g/mol. The molecule has 0 aliphatic heterocycles. The Morgan fingerprint density at radius 3 is 2.55 bits per heavy atom. The zero-order chi connectivity index (χ0) is 8.48. The first-order valence-corrected chi connectivity index (χ1v) is 4.55. The Bertz CT molecular complexity index is 234. The van der Waals surface area contributed by atoms with Crippen molar-refractivity contribution in [2.24, 2.45) is 5.41 Å². The zero-order valence-corrected chi connectivity index (χ0v) is 8.03. The van der Waals surface area contributed by atoms with Gasteiger partial charge in [-0.15, -0.1) is 11.3 Å². The Kier molecular flexibility index (Phi) is 2.18. The summed E-state index contributed by atoms with van der Waals surface area (Å²) in [5.74, 6) is 0. The lowest BCUT2D eigenvalue weighted by Gasteiger charge is -2.15. The summed E-state index contributed by atoms with van der Waals surface area (Å²) in [5.41, 5.74) is 6.92. The second kappa shape index (κ2) is 2.81. The molecule has 2 N–H and O–H groups in total. The van der Waals surface area contributed by atoms with Crippen molar-refractivity contribution in [1.82, 2.24) is 4.98 Å². The second-order valence-electron chi connectivity index (χ2n) is 3.91. The molecule has 0 amide bonds. The fraction of sp³-hybridized carbons (Fsp3) is 0.625. The highest BCUT2D eigenvalue weighted by molar-refractivity contribution is 7.13. The maximum absolute atomic E-state index is 5.50. The molecule has 2 nitrogen and oxygen atoms in total. The topological polar surface area (TPSA) is 38.9 Å². The third kappa shape index (κ3) is 2.89. The fourth-order valence-corrected chi connectivity index (χ4v) is 1.51. The summed E-state index contributed by atoms with van der Waals surface area (Å²) >= 11 is 1.51. The standard InChI is InChI=1S/C8H14N2S/c1-8(2,3)4-6-5-11-7(9)10-6/h5H,4H2,1-3H3,(H2,9,10). The van der Waals surface area contributed by atoms with E-state index in [2.05, 4.69) is 25.8 Å². The highest BCUT2D eigenvalue weighted by Crippen LogP contribution is 2.22. The van der Waals surface area contributed by atoms with Gasteiger partial charge in [0, 0.05) is 5.38 Å². The molecule has 3 heteroatoms. The van der Waals surface area contributed by atoms with Crippen LogP contribution in [0.15, 0.2) is 5.38 Å². The van der Waals surface area contributed by atoms with Crippen LogP contribution in [0.2, 0.25) is 0 Å². The van der Waals surface area contributed by atoms with Crippen molar-refractivity contribution in [1.29, 1.82) is 0 Å². The van der Waals surface area contributed by atoms with Crippen LogP contribution in [0, 0.1) is 5.41 Å². The Morgan fingerprint density at radius 1 is 1.55 bits per heavy atom. The molecular formula is C8H14N2S. The molecule has 0 atom stereocenters. The molecule has 1 heterocycles. The number of hydrogen-bond acceptors (Lipinski definition) is 3. The smallest absolute Gasteiger partial charge is 0.180 e. The third-order valence-corrected chi connectivity index (χ3v) is 2.00. The molecule has 11 heavy (non-hydrogen) atoms. The molecule has 0 aromatic carbocycles. The van der Waals surface area contributed by atoms with E-state index in [0.29, 0.717) is 10.5 Å². The van der Waals surface area contributed by atoms with Crippen molar-refractivity contribution in [3.63, 3.8) is 0 Å². The van der Waals surface area contributed by atoms with Gasteiger partial charge < -0.3 is 5.73 Å². The summed E-state index contributed by atoms with van der Waals surface area (Å²) < 4.78 is 0. The minimum absolute atomic E-state index is 0.306. The molecule has 0 unspecified atom stereocenters. The predicted molar refractivity (Wildman–Crippen MR) is 49.7 cm³/mol. The van der Waals surface area contributed by atoms with E-state index in [1.165, 1.54) is 11.3 Å². The average Bonchev–Trinajstić information content (AvgIpc) is 2.10. The summed E-state index contributed by atoms with van der Waals surface area (Å²) in [6, 6.07) is 0. The molecule has 1 aromatic rings. The first-order valence-electron chi connectivity index (χ1n) is 3.67. The maximum Gasteiger partial charge on any atom is 0.180 e. The summed E-state index contributed by atoms with van der Waals surface area (Å²) in [4.78, 5) is 4.19. The van der Waals surface area contributed by atoms with Gasteiger partial charge in [0.25, 0.3) is 0 Å². The molecule has 62 valence electrons. The van der Waals surface area contributed by atoms with Gasteiger partial charge in [-0.1, -0.05) is 20.8 Å². The Labute approximate surface area is 71.5 Å². The summed E-state index contributed by atoms with van der Waals surface area (Å²) in [7, 11) is 0. The van der Waals surface area contributed by atoms with E-state index in [9.17, 15) is 0 Å². The van der Waals surface area contributed by atoms with Gasteiger partial charge in [-0.05, 0) is 11.8 Å². The van der Waals surface area contributed by atoms with Crippen LogP contribution in [0.3, 0.4) is 0 Å². The lowest BCUT2D eigenvalue weighted by molar-refractivity contribution is 0.407. The molecule has 0 spiro atoms. The van der Waals surface area contributed by atoms with Crippen LogP contribution in [0.4, 0.5) is 5.13 Å². The van der Waals surface area contributed by atoms with E-state index in [1.54, 1.807) is 0 Å². The van der Waals surface area contributed by atoms with E-state index < -0.39 is 0 Å². The Hall–Kier alpha value is -0.570. The van der Waals surface area contributed by atoms with E-state index in [1.807, 2.05) is 5.38 Å². The first-order chi connectivity index (χ1) is 4.97. The lowest BCUT2D eigenvalue weighted by Crippen LogP contribution is -2.09. The molecule has 0 aliphatic rings. The number of thiazole rings is 1. The zero-order valence-electron chi connectivity index (χ0n) is 7.22. The highest BCUT2D eigenvalue weighted by Gasteiger charge is 2.12. The number of nitrogen functional groups attached to an aromatic ring is 1. The predicted octanol–water partition coefficient (Wildman–Crippen LogP) is 2.31. The maximum atomic E-state index is 5.50. The number of hydrogen-bond donors (Lipinski definition) is 1. The third-order valence-electron chi connectivity index (χ3n) is 1.28. The number of rotatable bonds is 1. The Morgan fingerprint density at radius 2 is 2.18 bits per heavy atom. The van der Waals surface area contributed by atoms with Gasteiger partial charge >= 0.3 is 0 Å². The molecule has 0 saturated carbocycles. The van der Waals surface area contributed by atoms with Crippen molar-refractivity contribution in [2.45, 2.75) is 27.2 Å². The van der Waals surface area contributed by atoms with Crippen LogP contribution in [0.5, 0.6) is 0 Å². The van der Waals surface area contributed by atoms with Gasteiger partial charge in [-0.3, -0.25) is 0 Å². The average molecular weight is 170 g/mol. The Balaban J connectivity index is 2.65. The lowest BCUT2D eigenvalue weighted by atomic mass is 9.91. The summed E-state index contributed by atoms with van der Waals surface area (Å²) in [6.45, 7) is 6.59. The molecule has 0 radical (unpaired) electrons. The van der Waals surface area contributed by atoms with Crippen LogP contribution < -0.4 is 5.73 Å². The molecule has 0 bridgehead atoms. The normalized spacial score (nSPS) is 11.9. The molecule has 1 rings (SSSR count). The quantitative estimate of drug-likeness (QED) is 0.702. The van der Waals surface area contributed by atoms with E-state index in [-0.39, 0.29) is 0 Å². The fourth-order valence-electron chi connectivity index (χ4n) is 0.947. The van der Waals surface area contributed by atoms with Gasteiger partial charge in [-0.25, -0.2) is 4.98 Å². The van der Waals surface area contributed by atoms with Gasteiger partial charge in [0.2, 0.25) is 0 Å². The highest BCUT2D eigenvalue weighted by atomic mass is 32.1. The first kappa shape index (κ1) is 8.53. The SMILES string of the molecule is CC(C)(C)Cc1csc(N)n1. The number of nitrogens with zero attached hydrogens (tertiary/aromatic N) is 1. The molecule has 0 aliphatic carbocycles. The van der Waals surface area contributed by atoms with Crippen LogP contribution in [0.25, 0.3) is 0 Å².